The van der Waals surface area contributed by atoms with Crippen LogP contribution in [-0.4, -0.2) is 102 Å². The van der Waals surface area contributed by atoms with Crippen LogP contribution in [0.25, 0.3) is 0 Å². The van der Waals surface area contributed by atoms with Gasteiger partial charge in [0.2, 0.25) is 5.91 Å². The number of nitrogens with one attached hydrogen (secondary N) is 1. The van der Waals surface area contributed by atoms with Crippen molar-refractivity contribution in [2.45, 2.75) is 75.3 Å². The van der Waals surface area contributed by atoms with E-state index in [1.165, 1.54) is 17.7 Å². The number of β-amino-alcohol motifs (C(OH)–C–C–N with tert-alkyl or cyclic N) is 1. The second kappa shape index (κ2) is 10.3. The molecule has 0 aromatic heterocycles. The highest BCUT2D eigenvalue weighted by atomic mass is 16.5. The number of benzene rings is 1. The average molecular weight is 511 g/mol. The van der Waals surface area contributed by atoms with Crippen molar-refractivity contribution in [3.63, 3.8) is 0 Å². The molecule has 2 aliphatic carbocycles. The zero-order valence-corrected chi connectivity index (χ0v) is 21.4. The second-order valence-electron chi connectivity index (χ2n) is 11.4. The number of rotatable bonds is 6. The van der Waals surface area contributed by atoms with Crippen LogP contribution in [0.2, 0.25) is 0 Å². The molecule has 9 heteroatoms. The summed E-state index contributed by atoms with van der Waals surface area (Å²) in [7, 11) is 0. The van der Waals surface area contributed by atoms with E-state index in [9.17, 15) is 19.5 Å². The number of ketones is 1. The summed E-state index contributed by atoms with van der Waals surface area (Å²) in [5.74, 6) is -0.729. The fourth-order valence-electron chi connectivity index (χ4n) is 6.72. The van der Waals surface area contributed by atoms with E-state index in [0.717, 1.165) is 70.0 Å². The molecule has 0 spiro atoms. The van der Waals surface area contributed by atoms with Crippen LogP contribution < -0.4 is 10.2 Å². The smallest absolute Gasteiger partial charge is 0.251 e. The normalized spacial score (nSPS) is 29.9. The number of carbonyl (C=O) groups excluding carboxylic acids is 3. The van der Waals surface area contributed by atoms with Crippen LogP contribution in [0, 0.1) is 5.92 Å². The lowest BCUT2D eigenvalue weighted by Gasteiger charge is -2.36. The molecular formula is C28H38N4O5. The third kappa shape index (κ3) is 5.01. The fraction of sp³-hybridized carbons (Fsp3) is 0.679. The molecule has 5 fully saturated rings. The number of piperazine rings is 1. The van der Waals surface area contributed by atoms with Crippen molar-refractivity contribution in [1.82, 2.24) is 15.1 Å². The van der Waals surface area contributed by atoms with E-state index >= 15 is 0 Å². The Labute approximate surface area is 218 Å². The Morgan fingerprint density at radius 1 is 0.973 bits per heavy atom. The van der Waals surface area contributed by atoms with Gasteiger partial charge in [0, 0.05) is 43.5 Å². The monoisotopic (exact) mass is 510 g/mol. The Morgan fingerprint density at radius 3 is 2.35 bits per heavy atom. The Hall–Kier alpha value is -2.49. The van der Waals surface area contributed by atoms with Gasteiger partial charge in [-0.2, -0.15) is 0 Å². The summed E-state index contributed by atoms with van der Waals surface area (Å²) < 4.78 is 5.45. The number of likely N-dealkylation sites (tertiary alicyclic amines) is 1. The van der Waals surface area contributed by atoms with E-state index in [1.54, 1.807) is 0 Å². The SMILES string of the molecule is O=C(N[C@H](C(=O)N1C[C@H](O)[C@H]2OCC(=O)[C@H]21)C1CCCCC1)c1ccc(N2CCN(C3CC3)CC2)cc1. The standard InChI is InChI=1S/C28H38N4O5/c33-22-16-32(25-23(34)17-37-26(22)25)28(36)24(18-4-2-1-3-5-18)29-27(35)19-6-8-20(9-7-19)30-12-14-31(15-13-30)21-10-11-21/h6-9,18,21-22,24-26,33H,1-5,10-17H2,(H,29,35)/t22-,24-,25+,26+/m0/s1. The predicted octanol–water partition coefficient (Wildman–Crippen LogP) is 1.19. The number of amides is 2. The molecule has 0 radical (unpaired) electrons. The summed E-state index contributed by atoms with van der Waals surface area (Å²) in [4.78, 5) is 46.0. The van der Waals surface area contributed by atoms with Gasteiger partial charge in [-0.1, -0.05) is 19.3 Å². The first kappa shape index (κ1) is 24.8. The van der Waals surface area contributed by atoms with Crippen LogP contribution in [0.4, 0.5) is 5.69 Å². The summed E-state index contributed by atoms with van der Waals surface area (Å²) in [6.07, 6.45) is 5.98. The van der Waals surface area contributed by atoms with Crippen LogP contribution in [0.5, 0.6) is 0 Å². The average Bonchev–Trinajstić information content (AvgIpc) is 3.64. The Morgan fingerprint density at radius 2 is 1.68 bits per heavy atom. The van der Waals surface area contributed by atoms with E-state index in [-0.39, 0.29) is 36.7 Å². The quantitative estimate of drug-likeness (QED) is 0.593. The largest absolute Gasteiger partial charge is 0.388 e. The molecule has 1 aromatic rings. The number of hydrogen-bond acceptors (Lipinski definition) is 7. The van der Waals surface area contributed by atoms with Gasteiger partial charge in [-0.3, -0.25) is 19.3 Å². The molecule has 1 aromatic carbocycles. The van der Waals surface area contributed by atoms with Crippen molar-refractivity contribution in [2.24, 2.45) is 5.92 Å². The highest BCUT2D eigenvalue weighted by molar-refractivity contribution is 5.99. The molecule has 5 aliphatic rings. The predicted molar refractivity (Wildman–Crippen MR) is 137 cm³/mol. The molecule has 37 heavy (non-hydrogen) atoms. The topological polar surface area (TPSA) is 102 Å². The second-order valence-corrected chi connectivity index (χ2v) is 11.4. The molecule has 2 saturated carbocycles. The molecule has 4 atom stereocenters. The number of anilines is 1. The van der Waals surface area contributed by atoms with Crippen LogP contribution in [0.1, 0.15) is 55.3 Å². The van der Waals surface area contributed by atoms with Gasteiger partial charge in [-0.05, 0) is 55.9 Å². The van der Waals surface area contributed by atoms with Crippen molar-refractivity contribution in [3.8, 4) is 0 Å². The lowest BCUT2D eigenvalue weighted by molar-refractivity contribution is -0.139. The number of ether oxygens (including phenoxy) is 1. The number of hydrogen-bond donors (Lipinski definition) is 2. The van der Waals surface area contributed by atoms with Gasteiger partial charge >= 0.3 is 0 Å². The van der Waals surface area contributed by atoms with Crippen molar-refractivity contribution in [3.05, 3.63) is 29.8 Å². The maximum atomic E-state index is 13.8. The van der Waals surface area contributed by atoms with E-state index in [2.05, 4.69) is 15.1 Å². The van der Waals surface area contributed by atoms with E-state index in [1.807, 2.05) is 24.3 Å². The lowest BCUT2D eigenvalue weighted by Crippen LogP contribution is -2.55. The highest BCUT2D eigenvalue weighted by Gasteiger charge is 2.53. The maximum Gasteiger partial charge on any atom is 0.251 e. The third-order valence-electron chi connectivity index (χ3n) is 8.99. The number of Topliss-reactive ketones (excluding diaryl/α,β-unsaturated/α-hetero) is 1. The molecule has 2 amide bonds. The molecule has 0 unspecified atom stereocenters. The zero-order chi connectivity index (χ0) is 25.5. The molecule has 0 bridgehead atoms. The summed E-state index contributed by atoms with van der Waals surface area (Å²) >= 11 is 0. The molecule has 200 valence electrons. The first-order chi connectivity index (χ1) is 18.0. The number of aliphatic hydroxyl groups is 1. The van der Waals surface area contributed by atoms with Crippen molar-refractivity contribution >= 4 is 23.3 Å². The summed E-state index contributed by atoms with van der Waals surface area (Å²) in [5, 5.41) is 13.4. The Kier molecular flexibility index (Phi) is 6.94. The Balaban J connectivity index is 1.14. The van der Waals surface area contributed by atoms with Crippen molar-refractivity contribution in [1.29, 1.82) is 0 Å². The molecule has 2 N–H and O–H groups in total. The van der Waals surface area contributed by atoms with Crippen LogP contribution >= 0.6 is 0 Å². The molecule has 3 saturated heterocycles. The summed E-state index contributed by atoms with van der Waals surface area (Å²) in [6, 6.07) is 6.98. The number of aliphatic hydroxyl groups excluding tert-OH is 1. The van der Waals surface area contributed by atoms with Gasteiger partial charge in [-0.15, -0.1) is 0 Å². The van der Waals surface area contributed by atoms with Gasteiger partial charge in [0.25, 0.3) is 5.91 Å². The summed E-state index contributed by atoms with van der Waals surface area (Å²) in [5.41, 5.74) is 1.64. The number of nitrogens with zero attached hydrogens (tertiary/aromatic N) is 3. The summed E-state index contributed by atoms with van der Waals surface area (Å²) in [6.45, 7) is 4.12. The molecule has 9 nitrogen and oxygen atoms in total. The maximum absolute atomic E-state index is 13.8. The minimum atomic E-state index is -0.887. The van der Waals surface area contributed by atoms with Gasteiger partial charge in [0.15, 0.2) is 5.78 Å². The fourth-order valence-corrected chi connectivity index (χ4v) is 6.72. The van der Waals surface area contributed by atoms with E-state index in [4.69, 9.17) is 4.74 Å². The van der Waals surface area contributed by atoms with Crippen LogP contribution in [0.15, 0.2) is 24.3 Å². The Bertz CT molecular complexity index is 1010. The van der Waals surface area contributed by atoms with Crippen molar-refractivity contribution < 1.29 is 24.2 Å². The van der Waals surface area contributed by atoms with Gasteiger partial charge in [0.1, 0.15) is 30.9 Å². The molecule has 3 heterocycles. The van der Waals surface area contributed by atoms with Crippen LogP contribution in [0.3, 0.4) is 0 Å². The first-order valence-electron chi connectivity index (χ1n) is 14.0. The van der Waals surface area contributed by atoms with Gasteiger partial charge in [0.05, 0.1) is 6.54 Å². The lowest BCUT2D eigenvalue weighted by atomic mass is 9.83. The zero-order valence-electron chi connectivity index (χ0n) is 21.4. The first-order valence-corrected chi connectivity index (χ1v) is 14.0. The third-order valence-corrected chi connectivity index (χ3v) is 8.99. The van der Waals surface area contributed by atoms with Gasteiger partial charge < -0.3 is 25.0 Å². The molecule has 3 aliphatic heterocycles. The highest BCUT2D eigenvalue weighted by Crippen LogP contribution is 2.33. The number of carbonyl (C=O) groups is 3. The minimum absolute atomic E-state index is 0.0147. The van der Waals surface area contributed by atoms with Crippen LogP contribution in [-0.2, 0) is 14.3 Å². The van der Waals surface area contributed by atoms with E-state index in [0.29, 0.717) is 5.56 Å². The van der Waals surface area contributed by atoms with Gasteiger partial charge in [-0.25, -0.2) is 0 Å². The molecular weight excluding hydrogens is 472 g/mol. The minimum Gasteiger partial charge on any atom is -0.388 e. The van der Waals surface area contributed by atoms with Crippen molar-refractivity contribution in [2.75, 3.05) is 44.2 Å². The van der Waals surface area contributed by atoms with E-state index < -0.39 is 24.3 Å². The number of fused-ring (bicyclic) bond motifs is 1. The molecule has 6 rings (SSSR count).